The SMILES string of the molecule is CCCCOc1ccc(-c2ccc(C3CCC(CCOC)OC3)c(F)c2F)cc1F. The van der Waals surface area contributed by atoms with Crippen molar-refractivity contribution in [1.82, 2.24) is 0 Å². The van der Waals surface area contributed by atoms with Gasteiger partial charge in [0.2, 0.25) is 0 Å². The minimum atomic E-state index is -0.965. The van der Waals surface area contributed by atoms with E-state index in [0.29, 0.717) is 25.4 Å². The standard InChI is InChI=1S/C24H29F3O3/c1-3-4-12-29-22-10-6-16(14-21(22)25)19-8-9-20(24(27)23(19)26)17-5-7-18(30-15-17)11-13-28-2/h6,8-10,14,17-18H,3-5,7,11-13,15H2,1-2H3. The molecule has 164 valence electrons. The predicted octanol–water partition coefficient (Wildman–Crippen LogP) is 6.25. The van der Waals surface area contributed by atoms with E-state index in [9.17, 15) is 13.2 Å². The number of halogens is 3. The van der Waals surface area contributed by atoms with Crippen molar-refractivity contribution in [2.75, 3.05) is 26.9 Å². The Bertz CT molecular complexity index is 833. The first-order valence-corrected chi connectivity index (χ1v) is 10.6. The normalized spacial score (nSPS) is 19.1. The van der Waals surface area contributed by atoms with Gasteiger partial charge in [0.1, 0.15) is 0 Å². The average molecular weight is 422 g/mol. The van der Waals surface area contributed by atoms with Crippen molar-refractivity contribution in [1.29, 1.82) is 0 Å². The lowest BCUT2D eigenvalue weighted by atomic mass is 9.89. The van der Waals surface area contributed by atoms with Crippen LogP contribution in [0.2, 0.25) is 0 Å². The van der Waals surface area contributed by atoms with Gasteiger partial charge >= 0.3 is 0 Å². The summed E-state index contributed by atoms with van der Waals surface area (Å²) in [5.74, 6) is -2.52. The number of hydrogen-bond donors (Lipinski definition) is 0. The molecule has 0 amide bonds. The Hall–Kier alpha value is -2.05. The first-order valence-electron chi connectivity index (χ1n) is 10.6. The molecule has 6 heteroatoms. The molecule has 2 aromatic carbocycles. The molecule has 3 nitrogen and oxygen atoms in total. The predicted molar refractivity (Wildman–Crippen MR) is 110 cm³/mol. The van der Waals surface area contributed by atoms with Crippen LogP contribution in [0.15, 0.2) is 30.3 Å². The molecule has 1 saturated heterocycles. The molecule has 1 aliphatic heterocycles. The zero-order valence-electron chi connectivity index (χ0n) is 17.6. The summed E-state index contributed by atoms with van der Waals surface area (Å²) in [4.78, 5) is 0. The molecule has 30 heavy (non-hydrogen) atoms. The number of ether oxygens (including phenoxy) is 3. The monoisotopic (exact) mass is 422 g/mol. The summed E-state index contributed by atoms with van der Waals surface area (Å²) in [5, 5.41) is 0. The molecule has 1 fully saturated rings. The van der Waals surface area contributed by atoms with Crippen LogP contribution < -0.4 is 4.74 Å². The highest BCUT2D eigenvalue weighted by Gasteiger charge is 2.27. The third kappa shape index (κ3) is 5.35. The Balaban J connectivity index is 1.73. The van der Waals surface area contributed by atoms with Crippen molar-refractivity contribution in [3.8, 4) is 16.9 Å². The summed E-state index contributed by atoms with van der Waals surface area (Å²) in [6.07, 6.45) is 4.15. The fourth-order valence-electron chi connectivity index (χ4n) is 3.74. The van der Waals surface area contributed by atoms with E-state index < -0.39 is 17.5 Å². The third-order valence-electron chi connectivity index (χ3n) is 5.56. The lowest BCUT2D eigenvalue weighted by Gasteiger charge is -2.29. The zero-order valence-corrected chi connectivity index (χ0v) is 17.6. The van der Waals surface area contributed by atoms with E-state index in [1.807, 2.05) is 6.92 Å². The van der Waals surface area contributed by atoms with Crippen molar-refractivity contribution in [2.24, 2.45) is 0 Å². The molecule has 1 aliphatic rings. The van der Waals surface area contributed by atoms with Gasteiger partial charge in [-0.05, 0) is 48.9 Å². The number of hydrogen-bond acceptors (Lipinski definition) is 3. The van der Waals surface area contributed by atoms with Gasteiger partial charge < -0.3 is 14.2 Å². The van der Waals surface area contributed by atoms with Crippen molar-refractivity contribution in [3.05, 3.63) is 53.3 Å². The smallest absolute Gasteiger partial charge is 0.166 e. The Kier molecular flexibility index (Phi) is 8.16. The van der Waals surface area contributed by atoms with Crippen LogP contribution in [0.1, 0.15) is 50.5 Å². The summed E-state index contributed by atoms with van der Waals surface area (Å²) in [6.45, 7) is 3.40. The second-order valence-electron chi connectivity index (χ2n) is 7.69. The summed E-state index contributed by atoms with van der Waals surface area (Å²) in [7, 11) is 1.64. The summed E-state index contributed by atoms with van der Waals surface area (Å²) in [5.41, 5.74) is 0.615. The Morgan fingerprint density at radius 1 is 1.03 bits per heavy atom. The van der Waals surface area contributed by atoms with Crippen LogP contribution in [0.4, 0.5) is 13.2 Å². The fourth-order valence-corrected chi connectivity index (χ4v) is 3.74. The molecule has 0 radical (unpaired) electrons. The maximum absolute atomic E-state index is 14.8. The van der Waals surface area contributed by atoms with Crippen LogP contribution >= 0.6 is 0 Å². The molecule has 2 atom stereocenters. The second kappa shape index (κ2) is 10.8. The highest BCUT2D eigenvalue weighted by atomic mass is 19.2. The number of benzene rings is 2. The number of rotatable bonds is 9. The van der Waals surface area contributed by atoms with Crippen LogP contribution in [-0.4, -0.2) is 33.0 Å². The lowest BCUT2D eigenvalue weighted by Crippen LogP contribution is -2.26. The van der Waals surface area contributed by atoms with Crippen molar-refractivity contribution in [3.63, 3.8) is 0 Å². The van der Waals surface area contributed by atoms with Crippen molar-refractivity contribution >= 4 is 0 Å². The van der Waals surface area contributed by atoms with E-state index in [1.54, 1.807) is 19.2 Å². The molecule has 0 aromatic heterocycles. The second-order valence-corrected chi connectivity index (χ2v) is 7.69. The van der Waals surface area contributed by atoms with Crippen LogP contribution in [0.3, 0.4) is 0 Å². The van der Waals surface area contributed by atoms with Gasteiger partial charge in [0.05, 0.1) is 19.3 Å². The minimum absolute atomic E-state index is 0.0324. The molecule has 0 spiro atoms. The molecule has 3 rings (SSSR count). The summed E-state index contributed by atoms with van der Waals surface area (Å²) in [6, 6.07) is 7.29. The molecule has 0 bridgehead atoms. The van der Waals surface area contributed by atoms with Crippen LogP contribution in [0, 0.1) is 17.5 Å². The van der Waals surface area contributed by atoms with Gasteiger partial charge in [0, 0.05) is 25.2 Å². The molecule has 1 heterocycles. The van der Waals surface area contributed by atoms with Gasteiger partial charge in [0.15, 0.2) is 23.2 Å². The first-order chi connectivity index (χ1) is 14.5. The van der Waals surface area contributed by atoms with Gasteiger partial charge in [-0.15, -0.1) is 0 Å². The summed E-state index contributed by atoms with van der Waals surface area (Å²) >= 11 is 0. The van der Waals surface area contributed by atoms with Gasteiger partial charge in [-0.25, -0.2) is 13.2 Å². The fraction of sp³-hybridized carbons (Fsp3) is 0.500. The number of unbranched alkanes of at least 4 members (excludes halogenated alkanes) is 1. The van der Waals surface area contributed by atoms with E-state index >= 15 is 0 Å². The Morgan fingerprint density at radius 2 is 1.87 bits per heavy atom. The molecule has 2 aromatic rings. The lowest BCUT2D eigenvalue weighted by molar-refractivity contribution is -0.0134. The van der Waals surface area contributed by atoms with E-state index in [0.717, 1.165) is 32.1 Å². The Labute approximate surface area is 176 Å². The highest BCUT2D eigenvalue weighted by molar-refractivity contribution is 5.66. The summed E-state index contributed by atoms with van der Waals surface area (Å²) < 4.78 is 60.3. The van der Waals surface area contributed by atoms with Crippen molar-refractivity contribution < 1.29 is 27.4 Å². The van der Waals surface area contributed by atoms with Crippen molar-refractivity contribution in [2.45, 2.75) is 51.0 Å². The maximum atomic E-state index is 14.8. The highest BCUT2D eigenvalue weighted by Crippen LogP contribution is 2.35. The van der Waals surface area contributed by atoms with E-state index in [-0.39, 0.29) is 28.9 Å². The molecular weight excluding hydrogens is 393 g/mol. The van der Waals surface area contributed by atoms with Crippen LogP contribution in [0.25, 0.3) is 11.1 Å². The third-order valence-corrected chi connectivity index (χ3v) is 5.56. The van der Waals surface area contributed by atoms with Crippen LogP contribution in [-0.2, 0) is 9.47 Å². The molecule has 2 unspecified atom stereocenters. The molecule has 0 N–H and O–H groups in total. The quantitative estimate of drug-likeness (QED) is 0.447. The van der Waals surface area contributed by atoms with Gasteiger partial charge in [-0.3, -0.25) is 0 Å². The topological polar surface area (TPSA) is 27.7 Å². The largest absolute Gasteiger partial charge is 0.491 e. The molecule has 0 aliphatic carbocycles. The minimum Gasteiger partial charge on any atom is -0.491 e. The Morgan fingerprint density at radius 3 is 2.53 bits per heavy atom. The first kappa shape index (κ1) is 22.6. The average Bonchev–Trinajstić information content (AvgIpc) is 2.76. The maximum Gasteiger partial charge on any atom is 0.166 e. The zero-order chi connectivity index (χ0) is 21.5. The van der Waals surface area contributed by atoms with Crippen LogP contribution in [0.5, 0.6) is 5.75 Å². The van der Waals surface area contributed by atoms with E-state index in [4.69, 9.17) is 14.2 Å². The van der Waals surface area contributed by atoms with Gasteiger partial charge in [0.25, 0.3) is 0 Å². The number of methoxy groups -OCH3 is 1. The van der Waals surface area contributed by atoms with Gasteiger partial charge in [-0.1, -0.05) is 31.5 Å². The van der Waals surface area contributed by atoms with Gasteiger partial charge in [-0.2, -0.15) is 0 Å². The van der Waals surface area contributed by atoms with E-state index in [2.05, 4.69) is 0 Å². The van der Waals surface area contributed by atoms with E-state index in [1.165, 1.54) is 18.2 Å². The molecular formula is C24H29F3O3. The molecule has 0 saturated carbocycles.